The topological polar surface area (TPSA) is 38.0 Å². The number of halogens is 2. The van der Waals surface area contributed by atoms with Crippen LogP contribution >= 0.6 is 0 Å². The Balaban J connectivity index is 2.23. The number of hydrogen-bond donors (Lipinski definition) is 2. The molecule has 0 aromatic heterocycles. The first-order valence-corrected chi connectivity index (χ1v) is 6.41. The third-order valence-electron chi connectivity index (χ3n) is 3.89. The largest absolute Gasteiger partial charge is 0.399 e. The average molecular weight is 254 g/mol. The minimum atomic E-state index is -0.617. The first-order chi connectivity index (χ1) is 8.40. The quantitative estimate of drug-likeness (QED) is 0.785. The standard InChI is InChI=1S/C14H20F2N2/c1-14(2)6-4-3-5-12(14)18-13-10(15)7-9(17)8-11(13)16/h7-8,12,18H,3-6,17H2,1-2H3. The van der Waals surface area contributed by atoms with Crippen molar-refractivity contribution in [1.82, 2.24) is 0 Å². The van der Waals surface area contributed by atoms with Crippen molar-refractivity contribution >= 4 is 11.4 Å². The molecule has 0 amide bonds. The van der Waals surface area contributed by atoms with Gasteiger partial charge in [0, 0.05) is 11.7 Å². The molecule has 18 heavy (non-hydrogen) atoms. The zero-order valence-corrected chi connectivity index (χ0v) is 10.9. The summed E-state index contributed by atoms with van der Waals surface area (Å²) in [5.74, 6) is -1.23. The molecule has 1 aliphatic carbocycles. The fraction of sp³-hybridized carbons (Fsp3) is 0.571. The molecule has 1 fully saturated rings. The summed E-state index contributed by atoms with van der Waals surface area (Å²) in [4.78, 5) is 0. The van der Waals surface area contributed by atoms with Gasteiger partial charge in [-0.3, -0.25) is 0 Å². The lowest BCUT2D eigenvalue weighted by Crippen LogP contribution is -2.39. The predicted octanol–water partition coefficient (Wildman–Crippen LogP) is 3.93. The third kappa shape index (κ3) is 2.57. The Kier molecular flexibility index (Phi) is 3.46. The van der Waals surface area contributed by atoms with Crippen LogP contribution in [0.3, 0.4) is 0 Å². The van der Waals surface area contributed by atoms with Crippen molar-refractivity contribution in [3.8, 4) is 0 Å². The van der Waals surface area contributed by atoms with E-state index in [1.54, 1.807) is 0 Å². The van der Waals surface area contributed by atoms with Gasteiger partial charge in [0.15, 0.2) is 11.6 Å². The Morgan fingerprint density at radius 2 is 1.83 bits per heavy atom. The van der Waals surface area contributed by atoms with Crippen molar-refractivity contribution in [3.63, 3.8) is 0 Å². The van der Waals surface area contributed by atoms with Crippen LogP contribution in [0.2, 0.25) is 0 Å². The Labute approximate surface area is 107 Å². The highest BCUT2D eigenvalue weighted by Gasteiger charge is 2.33. The first kappa shape index (κ1) is 13.1. The van der Waals surface area contributed by atoms with Crippen LogP contribution in [0.5, 0.6) is 0 Å². The molecule has 100 valence electrons. The fourth-order valence-corrected chi connectivity index (χ4v) is 2.67. The summed E-state index contributed by atoms with van der Waals surface area (Å²) in [6, 6.07) is 2.40. The molecule has 1 aliphatic rings. The lowest BCUT2D eigenvalue weighted by Gasteiger charge is -2.39. The molecule has 1 unspecified atom stereocenters. The van der Waals surface area contributed by atoms with E-state index in [-0.39, 0.29) is 22.8 Å². The van der Waals surface area contributed by atoms with E-state index in [2.05, 4.69) is 19.2 Å². The normalized spacial score (nSPS) is 22.8. The van der Waals surface area contributed by atoms with Crippen LogP contribution in [0.1, 0.15) is 39.5 Å². The number of hydrogen-bond acceptors (Lipinski definition) is 2. The Bertz CT molecular complexity index is 420. The fourth-order valence-electron chi connectivity index (χ4n) is 2.67. The maximum absolute atomic E-state index is 13.7. The van der Waals surface area contributed by atoms with Crippen LogP contribution in [0.25, 0.3) is 0 Å². The Morgan fingerprint density at radius 1 is 1.22 bits per heavy atom. The smallest absolute Gasteiger partial charge is 0.151 e. The second kappa shape index (κ2) is 4.75. The van der Waals surface area contributed by atoms with E-state index in [1.165, 1.54) is 6.42 Å². The molecular weight excluding hydrogens is 234 g/mol. The summed E-state index contributed by atoms with van der Waals surface area (Å²) in [7, 11) is 0. The van der Waals surface area contributed by atoms with Crippen LogP contribution in [-0.4, -0.2) is 6.04 Å². The molecule has 3 N–H and O–H groups in total. The molecule has 0 heterocycles. The van der Waals surface area contributed by atoms with E-state index in [0.717, 1.165) is 31.4 Å². The predicted molar refractivity (Wildman–Crippen MR) is 70.4 cm³/mol. The van der Waals surface area contributed by atoms with E-state index < -0.39 is 11.6 Å². The van der Waals surface area contributed by atoms with Crippen molar-refractivity contribution in [2.24, 2.45) is 5.41 Å². The molecule has 2 nitrogen and oxygen atoms in total. The average Bonchev–Trinajstić information content (AvgIpc) is 2.24. The van der Waals surface area contributed by atoms with Gasteiger partial charge in [0.1, 0.15) is 5.69 Å². The molecule has 2 rings (SSSR count). The van der Waals surface area contributed by atoms with E-state index >= 15 is 0 Å². The number of nitrogen functional groups attached to an aromatic ring is 1. The molecule has 1 atom stereocenters. The molecule has 0 saturated heterocycles. The Morgan fingerprint density at radius 3 is 2.39 bits per heavy atom. The lowest BCUT2D eigenvalue weighted by atomic mass is 9.73. The molecule has 1 aromatic rings. The first-order valence-electron chi connectivity index (χ1n) is 6.41. The van der Waals surface area contributed by atoms with Crippen LogP contribution in [0, 0.1) is 17.0 Å². The molecule has 1 saturated carbocycles. The van der Waals surface area contributed by atoms with Gasteiger partial charge in [-0.1, -0.05) is 26.7 Å². The highest BCUT2D eigenvalue weighted by Crippen LogP contribution is 2.38. The summed E-state index contributed by atoms with van der Waals surface area (Å²) in [6.45, 7) is 4.27. The highest BCUT2D eigenvalue weighted by atomic mass is 19.1. The number of nitrogens with two attached hydrogens (primary N) is 1. The second-order valence-corrected chi connectivity index (χ2v) is 5.79. The van der Waals surface area contributed by atoms with Crippen LogP contribution in [0.4, 0.5) is 20.2 Å². The van der Waals surface area contributed by atoms with Gasteiger partial charge >= 0.3 is 0 Å². The van der Waals surface area contributed by atoms with Crippen molar-refractivity contribution in [3.05, 3.63) is 23.8 Å². The maximum Gasteiger partial charge on any atom is 0.151 e. The third-order valence-corrected chi connectivity index (χ3v) is 3.89. The van der Waals surface area contributed by atoms with Crippen molar-refractivity contribution in [1.29, 1.82) is 0 Å². The van der Waals surface area contributed by atoms with Gasteiger partial charge in [-0.2, -0.15) is 0 Å². The van der Waals surface area contributed by atoms with Gasteiger partial charge < -0.3 is 11.1 Å². The van der Waals surface area contributed by atoms with Gasteiger partial charge in [0.05, 0.1) is 0 Å². The van der Waals surface area contributed by atoms with Crippen LogP contribution in [0.15, 0.2) is 12.1 Å². The number of anilines is 2. The van der Waals surface area contributed by atoms with Gasteiger partial charge in [-0.15, -0.1) is 0 Å². The highest BCUT2D eigenvalue weighted by molar-refractivity contribution is 5.54. The molecule has 0 spiro atoms. The van der Waals surface area contributed by atoms with Crippen molar-refractivity contribution < 1.29 is 8.78 Å². The summed E-state index contributed by atoms with van der Waals surface area (Å²) in [5, 5.41) is 3.03. The summed E-state index contributed by atoms with van der Waals surface area (Å²) in [5.41, 5.74) is 5.52. The zero-order chi connectivity index (χ0) is 13.3. The van der Waals surface area contributed by atoms with Crippen LogP contribution < -0.4 is 11.1 Å². The molecule has 0 bridgehead atoms. The summed E-state index contributed by atoms with van der Waals surface area (Å²) in [6.07, 6.45) is 4.29. The Hall–Kier alpha value is -1.32. The van der Waals surface area contributed by atoms with Crippen molar-refractivity contribution in [2.75, 3.05) is 11.1 Å². The monoisotopic (exact) mass is 254 g/mol. The molecule has 4 heteroatoms. The van der Waals surface area contributed by atoms with Gasteiger partial charge in [0.25, 0.3) is 0 Å². The molecule has 0 radical (unpaired) electrons. The van der Waals surface area contributed by atoms with E-state index in [4.69, 9.17) is 5.73 Å². The summed E-state index contributed by atoms with van der Waals surface area (Å²) < 4.78 is 27.5. The number of benzene rings is 1. The van der Waals surface area contributed by atoms with Gasteiger partial charge in [-0.05, 0) is 30.4 Å². The minimum absolute atomic E-state index is 0.0517. The lowest BCUT2D eigenvalue weighted by molar-refractivity contribution is 0.216. The zero-order valence-electron chi connectivity index (χ0n) is 10.9. The number of rotatable bonds is 2. The van der Waals surface area contributed by atoms with E-state index in [9.17, 15) is 8.78 Å². The molecular formula is C14H20F2N2. The van der Waals surface area contributed by atoms with Crippen molar-refractivity contribution in [2.45, 2.75) is 45.6 Å². The number of nitrogens with one attached hydrogen (secondary N) is 1. The molecule has 1 aromatic carbocycles. The van der Waals surface area contributed by atoms with Gasteiger partial charge in [-0.25, -0.2) is 8.78 Å². The molecule has 0 aliphatic heterocycles. The minimum Gasteiger partial charge on any atom is -0.399 e. The maximum atomic E-state index is 13.7. The van der Waals surface area contributed by atoms with E-state index in [1.807, 2.05) is 0 Å². The van der Waals surface area contributed by atoms with Gasteiger partial charge in [0.2, 0.25) is 0 Å². The van der Waals surface area contributed by atoms with E-state index in [0.29, 0.717) is 0 Å². The second-order valence-electron chi connectivity index (χ2n) is 5.79. The van der Waals surface area contributed by atoms with Crippen LogP contribution in [-0.2, 0) is 0 Å². The SMILES string of the molecule is CC1(C)CCCCC1Nc1c(F)cc(N)cc1F. The summed E-state index contributed by atoms with van der Waals surface area (Å²) >= 11 is 0.